The van der Waals surface area contributed by atoms with E-state index < -0.39 is 0 Å². The number of aryl methyl sites for hydroxylation is 1. The van der Waals surface area contributed by atoms with Crippen molar-refractivity contribution in [3.63, 3.8) is 0 Å². The third kappa shape index (κ3) is 1.19. The zero-order chi connectivity index (χ0) is 9.42. The lowest BCUT2D eigenvalue weighted by Crippen LogP contribution is -2.05. The van der Waals surface area contributed by atoms with Crippen molar-refractivity contribution in [2.75, 3.05) is 0 Å². The van der Waals surface area contributed by atoms with E-state index in [1.165, 1.54) is 0 Å². The van der Waals surface area contributed by atoms with Crippen LogP contribution in [0.2, 0.25) is 0 Å². The Balaban J connectivity index is 2.78. The molecule has 0 saturated heterocycles. The van der Waals surface area contributed by atoms with Gasteiger partial charge in [-0.15, -0.1) is 0 Å². The van der Waals surface area contributed by atoms with Gasteiger partial charge in [0.1, 0.15) is 5.82 Å². The molecule has 1 atom stereocenters. The fraction of sp³-hybridized carbons (Fsp3) is 0.333. The van der Waals surface area contributed by atoms with Crippen molar-refractivity contribution in [1.82, 2.24) is 14.4 Å². The third-order valence-electron chi connectivity index (χ3n) is 2.08. The predicted molar refractivity (Wildman–Crippen MR) is 50.3 cm³/mol. The minimum Gasteiger partial charge on any atom is -0.323 e. The molecular formula is C9H12N4. The van der Waals surface area contributed by atoms with Crippen LogP contribution in [-0.2, 0) is 0 Å². The minimum atomic E-state index is -0.0482. The highest BCUT2D eigenvalue weighted by molar-refractivity contribution is 5.52. The van der Waals surface area contributed by atoms with Crippen LogP contribution in [0.3, 0.4) is 0 Å². The number of rotatable bonds is 1. The quantitative estimate of drug-likeness (QED) is 0.706. The fourth-order valence-electron chi connectivity index (χ4n) is 1.45. The van der Waals surface area contributed by atoms with Crippen molar-refractivity contribution < 1.29 is 0 Å². The van der Waals surface area contributed by atoms with Gasteiger partial charge in [0.25, 0.3) is 0 Å². The molecule has 68 valence electrons. The Hall–Kier alpha value is -1.42. The van der Waals surface area contributed by atoms with Crippen LogP contribution >= 0.6 is 0 Å². The minimum absolute atomic E-state index is 0.0482. The number of aromatic nitrogens is 3. The van der Waals surface area contributed by atoms with Gasteiger partial charge < -0.3 is 10.1 Å². The second kappa shape index (κ2) is 2.81. The van der Waals surface area contributed by atoms with E-state index in [0.717, 1.165) is 17.0 Å². The van der Waals surface area contributed by atoms with Gasteiger partial charge in [0.15, 0.2) is 0 Å². The molecule has 0 aliphatic carbocycles. The second-order valence-electron chi connectivity index (χ2n) is 3.16. The second-order valence-corrected chi connectivity index (χ2v) is 3.16. The highest BCUT2D eigenvalue weighted by atomic mass is 15.0. The summed E-state index contributed by atoms with van der Waals surface area (Å²) in [6.45, 7) is 3.88. The van der Waals surface area contributed by atoms with E-state index in [9.17, 15) is 0 Å². The molecule has 0 fully saturated rings. The average Bonchev–Trinajstić information content (AvgIpc) is 2.45. The summed E-state index contributed by atoms with van der Waals surface area (Å²) in [5.74, 6) is 0.949. The van der Waals surface area contributed by atoms with E-state index in [1.807, 2.05) is 24.4 Å². The largest absolute Gasteiger partial charge is 0.323 e. The van der Waals surface area contributed by atoms with Gasteiger partial charge in [-0.05, 0) is 13.8 Å². The smallest absolute Gasteiger partial charge is 0.110 e. The molecule has 4 heteroatoms. The summed E-state index contributed by atoms with van der Waals surface area (Å²) < 4.78 is 1.99. The molecule has 4 nitrogen and oxygen atoms in total. The SMILES string of the molecule is Cc1nc(C(C)N)c2cnccn12. The Morgan fingerprint density at radius 3 is 3.00 bits per heavy atom. The first kappa shape index (κ1) is 8.19. The van der Waals surface area contributed by atoms with Crippen LogP contribution in [0.15, 0.2) is 18.6 Å². The van der Waals surface area contributed by atoms with E-state index in [4.69, 9.17) is 5.73 Å². The maximum atomic E-state index is 5.79. The Morgan fingerprint density at radius 1 is 1.54 bits per heavy atom. The van der Waals surface area contributed by atoms with Crippen molar-refractivity contribution in [2.24, 2.45) is 5.73 Å². The van der Waals surface area contributed by atoms with E-state index in [-0.39, 0.29) is 6.04 Å². The van der Waals surface area contributed by atoms with Crippen LogP contribution in [-0.4, -0.2) is 14.4 Å². The van der Waals surface area contributed by atoms with Gasteiger partial charge in [0.05, 0.1) is 17.4 Å². The van der Waals surface area contributed by atoms with Crippen LogP contribution in [0, 0.1) is 6.92 Å². The number of nitrogens with zero attached hydrogens (tertiary/aromatic N) is 3. The maximum Gasteiger partial charge on any atom is 0.110 e. The summed E-state index contributed by atoms with van der Waals surface area (Å²) in [4.78, 5) is 8.44. The van der Waals surface area contributed by atoms with Gasteiger partial charge in [0.2, 0.25) is 0 Å². The summed E-state index contributed by atoms with van der Waals surface area (Å²) in [7, 11) is 0. The molecule has 2 aromatic heterocycles. The first-order chi connectivity index (χ1) is 6.20. The van der Waals surface area contributed by atoms with Crippen LogP contribution in [0.4, 0.5) is 0 Å². The van der Waals surface area contributed by atoms with E-state index in [0.29, 0.717) is 0 Å². The molecule has 0 bridgehead atoms. The van der Waals surface area contributed by atoms with Gasteiger partial charge in [0, 0.05) is 18.4 Å². The molecule has 0 radical (unpaired) electrons. The van der Waals surface area contributed by atoms with E-state index in [2.05, 4.69) is 9.97 Å². The van der Waals surface area contributed by atoms with E-state index >= 15 is 0 Å². The molecule has 0 aliphatic heterocycles. The highest BCUT2D eigenvalue weighted by Gasteiger charge is 2.10. The molecular weight excluding hydrogens is 164 g/mol. The average molecular weight is 176 g/mol. The van der Waals surface area contributed by atoms with Gasteiger partial charge >= 0.3 is 0 Å². The number of fused-ring (bicyclic) bond motifs is 1. The topological polar surface area (TPSA) is 56.2 Å². The van der Waals surface area contributed by atoms with Crippen molar-refractivity contribution in [2.45, 2.75) is 19.9 Å². The first-order valence-corrected chi connectivity index (χ1v) is 4.24. The van der Waals surface area contributed by atoms with Crippen LogP contribution < -0.4 is 5.73 Å². The van der Waals surface area contributed by atoms with Gasteiger partial charge in [-0.25, -0.2) is 4.98 Å². The molecule has 13 heavy (non-hydrogen) atoms. The number of hydrogen-bond acceptors (Lipinski definition) is 3. The van der Waals surface area contributed by atoms with Crippen LogP contribution in [0.5, 0.6) is 0 Å². The summed E-state index contributed by atoms with van der Waals surface area (Å²) >= 11 is 0. The van der Waals surface area contributed by atoms with Crippen LogP contribution in [0.25, 0.3) is 5.52 Å². The Labute approximate surface area is 76.4 Å². The molecule has 0 saturated carbocycles. The zero-order valence-electron chi connectivity index (χ0n) is 7.73. The lowest BCUT2D eigenvalue weighted by Gasteiger charge is -1.99. The van der Waals surface area contributed by atoms with Gasteiger partial charge in [-0.1, -0.05) is 0 Å². The Morgan fingerprint density at radius 2 is 2.31 bits per heavy atom. The normalized spacial score (nSPS) is 13.5. The van der Waals surface area contributed by atoms with Gasteiger partial charge in [-0.3, -0.25) is 4.98 Å². The summed E-state index contributed by atoms with van der Waals surface area (Å²) in [6.07, 6.45) is 5.43. The van der Waals surface area contributed by atoms with Crippen molar-refractivity contribution in [1.29, 1.82) is 0 Å². The summed E-state index contributed by atoms with van der Waals surface area (Å²) in [6, 6.07) is -0.0482. The van der Waals surface area contributed by atoms with E-state index in [1.54, 1.807) is 12.4 Å². The summed E-state index contributed by atoms with van der Waals surface area (Å²) in [5, 5.41) is 0. The standard InChI is InChI=1S/C9H12N4/c1-6(10)9-8-5-11-3-4-13(8)7(2)12-9/h3-6H,10H2,1-2H3. The highest BCUT2D eigenvalue weighted by Crippen LogP contribution is 2.16. The monoisotopic (exact) mass is 176 g/mol. The molecule has 1 unspecified atom stereocenters. The van der Waals surface area contributed by atoms with Crippen molar-refractivity contribution in [3.8, 4) is 0 Å². The lowest BCUT2D eigenvalue weighted by atomic mass is 10.2. The molecule has 0 amide bonds. The number of imidazole rings is 1. The molecule has 0 aromatic carbocycles. The Kier molecular flexibility index (Phi) is 1.77. The van der Waals surface area contributed by atoms with Gasteiger partial charge in [-0.2, -0.15) is 0 Å². The predicted octanol–water partition coefficient (Wildman–Crippen LogP) is 1.06. The number of nitrogens with two attached hydrogens (primary N) is 1. The fourth-order valence-corrected chi connectivity index (χ4v) is 1.45. The lowest BCUT2D eigenvalue weighted by molar-refractivity contribution is 0.792. The molecule has 2 heterocycles. The summed E-state index contributed by atoms with van der Waals surface area (Å²) in [5.41, 5.74) is 7.69. The van der Waals surface area contributed by atoms with Crippen molar-refractivity contribution in [3.05, 3.63) is 30.1 Å². The first-order valence-electron chi connectivity index (χ1n) is 4.24. The molecule has 2 aromatic rings. The number of hydrogen-bond donors (Lipinski definition) is 1. The molecule has 2 N–H and O–H groups in total. The molecule has 0 aliphatic rings. The van der Waals surface area contributed by atoms with Crippen LogP contribution in [0.1, 0.15) is 24.5 Å². The Bertz CT molecular complexity index is 430. The molecule has 0 spiro atoms. The molecule has 2 rings (SSSR count). The van der Waals surface area contributed by atoms with Crippen molar-refractivity contribution >= 4 is 5.52 Å². The maximum absolute atomic E-state index is 5.79. The third-order valence-corrected chi connectivity index (χ3v) is 2.08. The zero-order valence-corrected chi connectivity index (χ0v) is 7.73.